The number of benzene rings is 1. The molecule has 2 aromatic heterocycles. The maximum Gasteiger partial charge on any atom is 0.272 e. The predicted molar refractivity (Wildman–Crippen MR) is 131 cm³/mol. The van der Waals surface area contributed by atoms with Crippen molar-refractivity contribution < 1.29 is 27.5 Å². The van der Waals surface area contributed by atoms with Gasteiger partial charge in [-0.1, -0.05) is 6.07 Å². The molecule has 1 aliphatic rings. The molecule has 0 saturated carbocycles. The third-order valence-electron chi connectivity index (χ3n) is 6.17. The number of rotatable bonds is 5. The van der Waals surface area contributed by atoms with Gasteiger partial charge in [-0.2, -0.15) is 0 Å². The van der Waals surface area contributed by atoms with Crippen LogP contribution in [0.15, 0.2) is 36.7 Å². The topological polar surface area (TPSA) is 75.6 Å². The van der Waals surface area contributed by atoms with Crippen LogP contribution in [0.3, 0.4) is 0 Å². The lowest BCUT2D eigenvalue weighted by molar-refractivity contribution is 0.0131. The van der Waals surface area contributed by atoms with E-state index in [-0.39, 0.29) is 22.4 Å². The molecule has 10 heteroatoms. The van der Waals surface area contributed by atoms with Gasteiger partial charge in [0.05, 0.1) is 11.7 Å². The fourth-order valence-corrected chi connectivity index (χ4v) is 4.37. The highest BCUT2D eigenvalue weighted by Crippen LogP contribution is 2.42. The fraction of sp³-hybridized carbons (Fsp3) is 0.333. The molecule has 1 fully saturated rings. The lowest BCUT2D eigenvalue weighted by Crippen LogP contribution is -2.26. The number of amides is 2. The minimum atomic E-state index is -1.18. The van der Waals surface area contributed by atoms with Gasteiger partial charge in [-0.15, -0.1) is 0 Å². The number of pyridine rings is 2. The van der Waals surface area contributed by atoms with E-state index in [2.05, 4.69) is 9.97 Å². The summed E-state index contributed by atoms with van der Waals surface area (Å²) in [4.78, 5) is 36.3. The molecule has 0 radical (unpaired) electrons. The predicted octanol–water partition coefficient (Wildman–Crippen LogP) is 4.87. The molecule has 4 rings (SSSR count). The largest absolute Gasteiger partial charge is 0.373 e. The van der Waals surface area contributed by atoms with Crippen molar-refractivity contribution in [2.24, 2.45) is 0 Å². The molecule has 1 aliphatic heterocycles. The van der Waals surface area contributed by atoms with E-state index in [1.807, 2.05) is 0 Å². The van der Waals surface area contributed by atoms with Gasteiger partial charge in [0.25, 0.3) is 11.8 Å². The van der Waals surface area contributed by atoms with Gasteiger partial charge < -0.3 is 14.5 Å². The Morgan fingerprint density at radius 2 is 1.65 bits per heavy atom. The first-order valence-electron chi connectivity index (χ1n) is 11.8. The smallest absolute Gasteiger partial charge is 0.272 e. The van der Waals surface area contributed by atoms with Crippen LogP contribution in [0.1, 0.15) is 51.8 Å². The van der Waals surface area contributed by atoms with E-state index in [0.29, 0.717) is 18.6 Å². The third kappa shape index (κ3) is 5.06. The summed E-state index contributed by atoms with van der Waals surface area (Å²) >= 11 is 0. The monoisotopic (exact) mass is 512 g/mol. The second-order valence-electron chi connectivity index (χ2n) is 9.22. The van der Waals surface area contributed by atoms with Crippen molar-refractivity contribution in [1.82, 2.24) is 19.8 Å². The molecule has 0 aliphatic carbocycles. The van der Waals surface area contributed by atoms with Gasteiger partial charge in [-0.05, 0) is 37.5 Å². The van der Waals surface area contributed by atoms with Gasteiger partial charge in [0.1, 0.15) is 23.0 Å². The normalized spacial score (nSPS) is 15.4. The summed E-state index contributed by atoms with van der Waals surface area (Å²) in [5.74, 6) is -4.55. The Balaban J connectivity index is 2.06. The lowest BCUT2D eigenvalue weighted by Gasteiger charge is -2.28. The van der Waals surface area contributed by atoms with Crippen LogP contribution in [0.4, 0.5) is 13.2 Å². The molecule has 2 amide bonds. The molecule has 3 aromatic rings. The summed E-state index contributed by atoms with van der Waals surface area (Å²) in [5, 5.41) is 0. The highest BCUT2D eigenvalue weighted by Gasteiger charge is 2.34. The molecule has 1 unspecified atom stereocenters. The molecule has 0 spiro atoms. The lowest BCUT2D eigenvalue weighted by atomic mass is 9.89. The van der Waals surface area contributed by atoms with Crippen LogP contribution in [0.25, 0.3) is 22.4 Å². The molecule has 0 N–H and O–H groups in total. The average molecular weight is 513 g/mol. The molecule has 0 bridgehead atoms. The van der Waals surface area contributed by atoms with Crippen molar-refractivity contribution in [2.75, 3.05) is 34.8 Å². The van der Waals surface area contributed by atoms with Crippen LogP contribution < -0.4 is 0 Å². The van der Waals surface area contributed by atoms with E-state index < -0.39 is 46.6 Å². The van der Waals surface area contributed by atoms with Crippen molar-refractivity contribution >= 4 is 11.8 Å². The molecular formula is C27H27F3N4O3. The minimum absolute atomic E-state index is 0.00450. The van der Waals surface area contributed by atoms with Crippen molar-refractivity contribution in [2.45, 2.75) is 25.4 Å². The van der Waals surface area contributed by atoms with Crippen molar-refractivity contribution in [1.29, 1.82) is 0 Å². The Labute approximate surface area is 212 Å². The summed E-state index contributed by atoms with van der Waals surface area (Å²) in [7, 11) is 5.89. The van der Waals surface area contributed by atoms with E-state index in [1.54, 1.807) is 12.1 Å². The van der Waals surface area contributed by atoms with E-state index in [0.717, 1.165) is 25.0 Å². The Morgan fingerprint density at radius 3 is 2.19 bits per heavy atom. The number of aromatic nitrogens is 2. The molecule has 194 valence electrons. The molecule has 1 aromatic carbocycles. The molecule has 1 saturated heterocycles. The second kappa shape index (κ2) is 10.7. The fourth-order valence-electron chi connectivity index (χ4n) is 4.37. The van der Waals surface area contributed by atoms with Gasteiger partial charge in [0.15, 0.2) is 5.82 Å². The van der Waals surface area contributed by atoms with E-state index in [4.69, 9.17) is 4.74 Å². The zero-order valence-electron chi connectivity index (χ0n) is 21.0. The number of nitrogens with zero attached hydrogens (tertiary/aromatic N) is 4. The summed E-state index contributed by atoms with van der Waals surface area (Å²) in [6.45, 7) is 0.370. The Kier molecular flexibility index (Phi) is 7.58. The zero-order chi connectivity index (χ0) is 26.9. The number of hydrogen-bond acceptors (Lipinski definition) is 5. The molecule has 37 heavy (non-hydrogen) atoms. The highest BCUT2D eigenvalue weighted by atomic mass is 19.1. The van der Waals surface area contributed by atoms with Crippen molar-refractivity contribution in [3.05, 3.63) is 70.9 Å². The third-order valence-corrected chi connectivity index (χ3v) is 6.17. The number of halogens is 3. The Morgan fingerprint density at radius 1 is 0.973 bits per heavy atom. The van der Waals surface area contributed by atoms with Crippen LogP contribution in [0.2, 0.25) is 0 Å². The molecule has 1 atom stereocenters. The second-order valence-corrected chi connectivity index (χ2v) is 9.22. The first kappa shape index (κ1) is 26.3. The average Bonchev–Trinajstić information content (AvgIpc) is 2.88. The number of hydrogen-bond donors (Lipinski definition) is 0. The highest BCUT2D eigenvalue weighted by molar-refractivity contribution is 6.00. The van der Waals surface area contributed by atoms with Crippen molar-refractivity contribution in [3.8, 4) is 22.4 Å². The van der Waals surface area contributed by atoms with E-state index in [1.165, 1.54) is 50.4 Å². The summed E-state index contributed by atoms with van der Waals surface area (Å²) in [6.07, 6.45) is 4.22. The van der Waals surface area contributed by atoms with Crippen LogP contribution in [-0.2, 0) is 4.74 Å². The van der Waals surface area contributed by atoms with Gasteiger partial charge in [0.2, 0.25) is 0 Å². The summed E-state index contributed by atoms with van der Waals surface area (Å²) in [6, 6.07) is 4.96. The summed E-state index contributed by atoms with van der Waals surface area (Å²) < 4.78 is 52.9. The zero-order valence-corrected chi connectivity index (χ0v) is 21.0. The molecule has 7 nitrogen and oxygen atoms in total. The molecule has 3 heterocycles. The SMILES string of the molecule is CN(C)C(=O)c1cc(F)c(-c2nc(C(=O)N(C)C)c(-c3cccnc3)c(C3CCCCO3)c2F)c(F)c1. The van der Waals surface area contributed by atoms with Gasteiger partial charge in [-0.3, -0.25) is 14.6 Å². The number of carbonyl (C=O) groups excluding carboxylic acids is 2. The van der Waals surface area contributed by atoms with Crippen LogP contribution in [-0.4, -0.2) is 66.4 Å². The first-order chi connectivity index (χ1) is 17.6. The Bertz CT molecular complexity index is 1320. The van der Waals surface area contributed by atoms with E-state index >= 15 is 13.2 Å². The van der Waals surface area contributed by atoms with Crippen LogP contribution in [0, 0.1) is 17.5 Å². The maximum absolute atomic E-state index is 16.4. The maximum atomic E-state index is 16.4. The standard InChI is InChI=1S/C27H27F3N4O3/c1-33(2)26(35)16-12-17(28)21(18(29)13-16)24-23(30)22(19-9-5-6-11-37-19)20(15-8-7-10-31-14-15)25(32-24)27(36)34(3)4/h7-8,10,12-14,19H,5-6,9,11H2,1-4H3. The van der Waals surface area contributed by atoms with Gasteiger partial charge >= 0.3 is 0 Å². The first-order valence-corrected chi connectivity index (χ1v) is 11.8. The number of carbonyl (C=O) groups is 2. The van der Waals surface area contributed by atoms with Crippen LogP contribution in [0.5, 0.6) is 0 Å². The van der Waals surface area contributed by atoms with E-state index in [9.17, 15) is 9.59 Å². The quantitative estimate of drug-likeness (QED) is 0.488. The Hall–Kier alpha value is -3.79. The molecular weight excluding hydrogens is 485 g/mol. The summed E-state index contributed by atoms with van der Waals surface area (Å²) in [5.41, 5.74) is -1.28. The van der Waals surface area contributed by atoms with Gasteiger partial charge in [0, 0.05) is 69.4 Å². The minimum Gasteiger partial charge on any atom is -0.373 e. The van der Waals surface area contributed by atoms with Crippen LogP contribution >= 0.6 is 0 Å². The van der Waals surface area contributed by atoms with Crippen molar-refractivity contribution in [3.63, 3.8) is 0 Å². The van der Waals surface area contributed by atoms with Gasteiger partial charge in [-0.25, -0.2) is 18.2 Å². The number of ether oxygens (including phenoxy) is 1.